The van der Waals surface area contributed by atoms with E-state index < -0.39 is 10.8 Å². The average Bonchev–Trinajstić information content (AvgIpc) is 2.92. The number of non-ortho nitro benzene ring substituents is 1. The van der Waals surface area contributed by atoms with Gasteiger partial charge < -0.3 is 15.6 Å². The van der Waals surface area contributed by atoms with Gasteiger partial charge in [-0.2, -0.15) is 4.98 Å². The van der Waals surface area contributed by atoms with Gasteiger partial charge in [0.05, 0.1) is 10.5 Å². The highest BCUT2D eigenvalue weighted by Gasteiger charge is 2.15. The summed E-state index contributed by atoms with van der Waals surface area (Å²) in [6.07, 6.45) is 1.58. The van der Waals surface area contributed by atoms with Gasteiger partial charge in [0.2, 0.25) is 6.39 Å². The summed E-state index contributed by atoms with van der Waals surface area (Å²) in [5, 5.41) is 16.8. The van der Waals surface area contributed by atoms with Crippen LogP contribution in [0.1, 0.15) is 16.2 Å². The first kappa shape index (κ1) is 13.5. The van der Waals surface area contributed by atoms with Crippen LogP contribution in [0.3, 0.4) is 0 Å². The second kappa shape index (κ2) is 5.78. The molecule has 0 radical (unpaired) electrons. The molecule has 0 spiro atoms. The van der Waals surface area contributed by atoms with Crippen LogP contribution in [0, 0.1) is 10.1 Å². The van der Waals surface area contributed by atoms with Crippen LogP contribution in [-0.2, 0) is 6.42 Å². The van der Waals surface area contributed by atoms with Crippen molar-refractivity contribution in [2.75, 3.05) is 12.3 Å². The van der Waals surface area contributed by atoms with E-state index in [0.29, 0.717) is 12.2 Å². The quantitative estimate of drug-likeness (QED) is 0.462. The van der Waals surface area contributed by atoms with E-state index in [1.807, 2.05) is 0 Å². The van der Waals surface area contributed by atoms with Gasteiger partial charge in [-0.3, -0.25) is 14.9 Å². The Labute approximate surface area is 112 Å². The summed E-state index contributed by atoms with van der Waals surface area (Å²) in [7, 11) is 0. The molecular formula is C11H11N5O4. The van der Waals surface area contributed by atoms with Gasteiger partial charge in [0.25, 0.3) is 11.6 Å². The van der Waals surface area contributed by atoms with Gasteiger partial charge in [0.1, 0.15) is 0 Å². The molecule has 0 aliphatic heterocycles. The lowest BCUT2D eigenvalue weighted by atomic mass is 10.1. The summed E-state index contributed by atoms with van der Waals surface area (Å²) in [6, 6.07) is 3.71. The highest BCUT2D eigenvalue weighted by atomic mass is 16.6. The monoisotopic (exact) mass is 277 g/mol. The third-order valence-electron chi connectivity index (χ3n) is 2.53. The van der Waals surface area contributed by atoms with Crippen molar-refractivity contribution in [1.82, 2.24) is 15.5 Å². The molecule has 2 rings (SSSR count). The number of carbonyl (C=O) groups is 1. The Bertz CT molecular complexity index is 626. The number of benzene rings is 1. The van der Waals surface area contributed by atoms with E-state index in [-0.39, 0.29) is 23.5 Å². The third kappa shape index (κ3) is 3.07. The molecule has 20 heavy (non-hydrogen) atoms. The Morgan fingerprint density at radius 2 is 2.30 bits per heavy atom. The molecule has 3 N–H and O–H groups in total. The molecule has 0 saturated carbocycles. The number of nitro groups is 1. The van der Waals surface area contributed by atoms with Crippen LogP contribution in [0.15, 0.2) is 29.1 Å². The normalized spacial score (nSPS) is 10.2. The number of nitrogens with zero attached hydrogens (tertiary/aromatic N) is 3. The molecular weight excluding hydrogens is 266 g/mol. The predicted molar refractivity (Wildman–Crippen MR) is 67.8 cm³/mol. The number of nitrogens with one attached hydrogen (secondary N) is 1. The maximum Gasteiger partial charge on any atom is 0.270 e. The van der Waals surface area contributed by atoms with Crippen molar-refractivity contribution >= 4 is 17.3 Å². The number of nitro benzene ring substituents is 1. The third-order valence-corrected chi connectivity index (χ3v) is 2.53. The zero-order chi connectivity index (χ0) is 14.5. The van der Waals surface area contributed by atoms with Gasteiger partial charge in [-0.15, -0.1) is 0 Å². The number of carbonyl (C=O) groups excluding carboxylic acids is 1. The zero-order valence-electron chi connectivity index (χ0n) is 10.3. The number of amides is 1. The van der Waals surface area contributed by atoms with E-state index >= 15 is 0 Å². The lowest BCUT2D eigenvalue weighted by Crippen LogP contribution is -2.26. The SMILES string of the molecule is Nc1ccc([N+](=O)[O-])cc1C(=O)NCCc1ncon1. The van der Waals surface area contributed by atoms with E-state index in [1.165, 1.54) is 18.5 Å². The Morgan fingerprint density at radius 1 is 1.50 bits per heavy atom. The lowest BCUT2D eigenvalue weighted by Gasteiger charge is -2.06. The second-order valence-corrected chi connectivity index (χ2v) is 3.88. The number of hydrogen-bond donors (Lipinski definition) is 2. The zero-order valence-corrected chi connectivity index (χ0v) is 10.3. The molecule has 1 heterocycles. The van der Waals surface area contributed by atoms with Crippen LogP contribution in [-0.4, -0.2) is 27.5 Å². The van der Waals surface area contributed by atoms with Crippen LogP contribution in [0.5, 0.6) is 0 Å². The van der Waals surface area contributed by atoms with Crippen molar-refractivity contribution < 1.29 is 14.2 Å². The average molecular weight is 277 g/mol. The Kier molecular flexibility index (Phi) is 3.89. The van der Waals surface area contributed by atoms with Gasteiger partial charge in [-0.25, -0.2) is 0 Å². The largest absolute Gasteiger partial charge is 0.398 e. The van der Waals surface area contributed by atoms with E-state index in [1.54, 1.807) is 0 Å². The smallest absolute Gasteiger partial charge is 0.270 e. The number of nitrogens with two attached hydrogens (primary N) is 1. The van der Waals surface area contributed by atoms with Gasteiger partial charge in [-0.05, 0) is 6.07 Å². The molecule has 9 heteroatoms. The minimum atomic E-state index is -0.588. The fourth-order valence-electron chi connectivity index (χ4n) is 1.54. The molecule has 1 aromatic carbocycles. The highest BCUT2D eigenvalue weighted by Crippen LogP contribution is 2.19. The minimum absolute atomic E-state index is 0.0623. The molecule has 0 atom stereocenters. The molecule has 0 fully saturated rings. The Hall–Kier alpha value is -2.97. The van der Waals surface area contributed by atoms with Crippen molar-refractivity contribution in [2.45, 2.75) is 6.42 Å². The molecule has 2 aromatic rings. The Morgan fingerprint density at radius 3 is 2.95 bits per heavy atom. The number of aromatic nitrogens is 2. The molecule has 0 aliphatic carbocycles. The summed E-state index contributed by atoms with van der Waals surface area (Å²) in [6.45, 7) is 0.264. The maximum atomic E-state index is 11.9. The van der Waals surface area contributed by atoms with Gasteiger partial charge in [-0.1, -0.05) is 5.16 Å². The topological polar surface area (TPSA) is 137 Å². The highest BCUT2D eigenvalue weighted by molar-refractivity contribution is 5.99. The number of nitrogen functional groups attached to an aromatic ring is 1. The van der Waals surface area contributed by atoms with E-state index in [4.69, 9.17) is 5.73 Å². The van der Waals surface area contributed by atoms with Crippen molar-refractivity contribution in [3.05, 3.63) is 46.1 Å². The molecule has 104 valence electrons. The first-order chi connectivity index (χ1) is 9.58. The summed E-state index contributed by atoms with van der Waals surface area (Å²) in [5.41, 5.74) is 5.68. The van der Waals surface area contributed by atoms with Gasteiger partial charge in [0, 0.05) is 30.8 Å². The van der Waals surface area contributed by atoms with Crippen LogP contribution in [0.25, 0.3) is 0 Å². The van der Waals surface area contributed by atoms with E-state index in [2.05, 4.69) is 20.0 Å². The summed E-state index contributed by atoms with van der Waals surface area (Å²) in [4.78, 5) is 25.8. The van der Waals surface area contributed by atoms with Crippen molar-refractivity contribution in [1.29, 1.82) is 0 Å². The maximum absolute atomic E-state index is 11.9. The first-order valence-electron chi connectivity index (χ1n) is 5.65. The lowest BCUT2D eigenvalue weighted by molar-refractivity contribution is -0.384. The van der Waals surface area contributed by atoms with Gasteiger partial charge >= 0.3 is 0 Å². The minimum Gasteiger partial charge on any atom is -0.398 e. The van der Waals surface area contributed by atoms with Crippen molar-refractivity contribution in [3.8, 4) is 0 Å². The molecule has 0 unspecified atom stereocenters. The van der Waals surface area contributed by atoms with Crippen LogP contribution in [0.2, 0.25) is 0 Å². The van der Waals surface area contributed by atoms with Crippen molar-refractivity contribution in [3.63, 3.8) is 0 Å². The number of rotatable bonds is 5. The van der Waals surface area contributed by atoms with Crippen LogP contribution in [0.4, 0.5) is 11.4 Å². The molecule has 1 aromatic heterocycles. The standard InChI is InChI=1S/C11H11N5O4/c12-9-2-1-7(16(18)19)5-8(9)11(17)13-4-3-10-14-6-20-15-10/h1-2,5-6H,3-4,12H2,(H,13,17). The first-order valence-corrected chi connectivity index (χ1v) is 5.65. The second-order valence-electron chi connectivity index (χ2n) is 3.88. The fourth-order valence-corrected chi connectivity index (χ4v) is 1.54. The van der Waals surface area contributed by atoms with Crippen LogP contribution >= 0.6 is 0 Å². The van der Waals surface area contributed by atoms with E-state index in [9.17, 15) is 14.9 Å². The fraction of sp³-hybridized carbons (Fsp3) is 0.182. The molecule has 9 nitrogen and oxygen atoms in total. The molecule has 0 bridgehead atoms. The molecule has 0 saturated heterocycles. The summed E-state index contributed by atoms with van der Waals surface area (Å²) >= 11 is 0. The van der Waals surface area contributed by atoms with Crippen molar-refractivity contribution in [2.24, 2.45) is 0 Å². The molecule has 1 amide bonds. The summed E-state index contributed by atoms with van der Waals surface area (Å²) in [5.74, 6) is -0.0352. The Balaban J connectivity index is 2.01. The number of hydrogen-bond acceptors (Lipinski definition) is 7. The van der Waals surface area contributed by atoms with Crippen LogP contribution < -0.4 is 11.1 Å². The number of anilines is 1. The van der Waals surface area contributed by atoms with Gasteiger partial charge in [0.15, 0.2) is 5.82 Å². The van der Waals surface area contributed by atoms with E-state index in [0.717, 1.165) is 6.07 Å². The predicted octanol–water partition coefficient (Wildman–Crippen LogP) is 0.532. The summed E-state index contributed by atoms with van der Waals surface area (Å²) < 4.78 is 4.55. The molecule has 0 aliphatic rings.